The molecule has 2 rings (SSSR count). The maximum atomic E-state index is 12.6. The molecule has 0 aliphatic rings. The monoisotopic (exact) mass is 325 g/mol. The van der Waals surface area contributed by atoms with E-state index < -0.39 is 12.5 Å². The van der Waals surface area contributed by atoms with Gasteiger partial charge in [-0.1, -0.05) is 6.58 Å². The predicted molar refractivity (Wildman–Crippen MR) is 79.0 cm³/mol. The maximum Gasteiger partial charge on any atom is 0.333 e. The Balaban J connectivity index is 2.17. The fourth-order valence-electron chi connectivity index (χ4n) is 1.92. The van der Waals surface area contributed by atoms with Crippen LogP contribution < -0.4 is 4.90 Å². The second-order valence-corrected chi connectivity index (χ2v) is 4.62. The molecular formula is C14H17F2N5O2. The van der Waals surface area contributed by atoms with Gasteiger partial charge in [0.25, 0.3) is 5.91 Å². The summed E-state index contributed by atoms with van der Waals surface area (Å²) in [5, 5.41) is 8.00. The van der Waals surface area contributed by atoms with Crippen LogP contribution in [0.5, 0.6) is 0 Å². The standard InChI is InChI=1S/C14H17F2N5O2/c1-3-13(22)20(10-11-4-7-21(17-11)14(15)16)12-5-6-19(18-12)8-9-23-2/h3-7,14H,1,8-10H2,2H3. The summed E-state index contributed by atoms with van der Waals surface area (Å²) in [6.07, 6.45) is 4.00. The minimum atomic E-state index is -2.72. The van der Waals surface area contributed by atoms with Gasteiger partial charge in [-0.2, -0.15) is 19.0 Å². The third-order valence-electron chi connectivity index (χ3n) is 3.05. The van der Waals surface area contributed by atoms with Crippen molar-refractivity contribution in [1.82, 2.24) is 19.6 Å². The van der Waals surface area contributed by atoms with E-state index in [9.17, 15) is 13.6 Å². The fourth-order valence-corrected chi connectivity index (χ4v) is 1.92. The van der Waals surface area contributed by atoms with Crippen molar-refractivity contribution in [1.29, 1.82) is 0 Å². The van der Waals surface area contributed by atoms with E-state index in [0.717, 1.165) is 12.3 Å². The average Bonchev–Trinajstić information content (AvgIpc) is 3.19. The zero-order chi connectivity index (χ0) is 16.8. The molecule has 0 aliphatic carbocycles. The molecule has 2 aromatic rings. The van der Waals surface area contributed by atoms with Crippen molar-refractivity contribution in [2.45, 2.75) is 19.6 Å². The molecule has 1 amide bonds. The van der Waals surface area contributed by atoms with Crippen molar-refractivity contribution in [2.24, 2.45) is 0 Å². The third-order valence-corrected chi connectivity index (χ3v) is 3.05. The molecule has 0 N–H and O–H groups in total. The van der Waals surface area contributed by atoms with E-state index in [4.69, 9.17) is 4.74 Å². The van der Waals surface area contributed by atoms with Crippen molar-refractivity contribution in [3.05, 3.63) is 42.9 Å². The second-order valence-electron chi connectivity index (χ2n) is 4.62. The number of anilines is 1. The van der Waals surface area contributed by atoms with E-state index in [1.54, 1.807) is 24.1 Å². The first kappa shape index (κ1) is 16.8. The molecule has 0 saturated heterocycles. The Morgan fingerprint density at radius 3 is 2.83 bits per heavy atom. The summed E-state index contributed by atoms with van der Waals surface area (Å²) >= 11 is 0. The van der Waals surface area contributed by atoms with Crippen molar-refractivity contribution in [2.75, 3.05) is 18.6 Å². The van der Waals surface area contributed by atoms with E-state index in [1.165, 1.54) is 11.0 Å². The smallest absolute Gasteiger partial charge is 0.333 e. The number of amides is 1. The van der Waals surface area contributed by atoms with Gasteiger partial charge in [0.2, 0.25) is 0 Å². The minimum Gasteiger partial charge on any atom is -0.383 e. The van der Waals surface area contributed by atoms with Gasteiger partial charge in [0.1, 0.15) is 0 Å². The highest BCUT2D eigenvalue weighted by molar-refractivity contribution is 6.00. The number of hydrogen-bond acceptors (Lipinski definition) is 4. The quantitative estimate of drug-likeness (QED) is 0.695. The van der Waals surface area contributed by atoms with Crippen molar-refractivity contribution in [3.8, 4) is 0 Å². The first-order valence-electron chi connectivity index (χ1n) is 6.83. The van der Waals surface area contributed by atoms with Gasteiger partial charge in [-0.3, -0.25) is 14.4 Å². The van der Waals surface area contributed by atoms with Crippen LogP contribution in [-0.2, 0) is 22.6 Å². The minimum absolute atomic E-state index is 0.0197. The molecule has 9 heteroatoms. The number of methoxy groups -OCH3 is 1. The number of halogens is 2. The van der Waals surface area contributed by atoms with Gasteiger partial charge in [0, 0.05) is 25.6 Å². The molecule has 0 unspecified atom stereocenters. The number of nitrogens with zero attached hydrogens (tertiary/aromatic N) is 5. The van der Waals surface area contributed by atoms with E-state index >= 15 is 0 Å². The highest BCUT2D eigenvalue weighted by Gasteiger charge is 2.18. The molecule has 0 saturated carbocycles. The summed E-state index contributed by atoms with van der Waals surface area (Å²) in [4.78, 5) is 13.3. The van der Waals surface area contributed by atoms with Crippen LogP contribution in [0.25, 0.3) is 0 Å². The number of carbonyl (C=O) groups is 1. The summed E-state index contributed by atoms with van der Waals surface area (Å²) in [5.41, 5.74) is 0.326. The van der Waals surface area contributed by atoms with Crippen LogP contribution in [0.3, 0.4) is 0 Å². The van der Waals surface area contributed by atoms with Gasteiger partial charge in [-0.25, -0.2) is 4.68 Å². The van der Waals surface area contributed by atoms with Crippen molar-refractivity contribution >= 4 is 11.7 Å². The zero-order valence-electron chi connectivity index (χ0n) is 12.6. The van der Waals surface area contributed by atoms with Gasteiger partial charge in [0.05, 0.1) is 25.4 Å². The van der Waals surface area contributed by atoms with E-state index in [1.807, 2.05) is 0 Å². The van der Waals surface area contributed by atoms with Gasteiger partial charge >= 0.3 is 6.55 Å². The Bertz CT molecular complexity index is 668. The molecule has 124 valence electrons. The summed E-state index contributed by atoms with van der Waals surface area (Å²) in [7, 11) is 1.58. The Kier molecular flexibility index (Phi) is 5.58. The summed E-state index contributed by atoms with van der Waals surface area (Å²) < 4.78 is 32.2. The van der Waals surface area contributed by atoms with Crippen LogP contribution in [0.15, 0.2) is 37.2 Å². The molecule has 2 heterocycles. The lowest BCUT2D eigenvalue weighted by Gasteiger charge is -2.17. The lowest BCUT2D eigenvalue weighted by atomic mass is 10.3. The second kappa shape index (κ2) is 7.63. The zero-order valence-corrected chi connectivity index (χ0v) is 12.6. The fraction of sp³-hybridized carbons (Fsp3) is 0.357. The third kappa shape index (κ3) is 4.22. The first-order chi connectivity index (χ1) is 11.0. The molecule has 0 aliphatic heterocycles. The SMILES string of the molecule is C=CC(=O)N(Cc1ccn(C(F)F)n1)c1ccn(CCOC)n1. The van der Waals surface area contributed by atoms with Crippen molar-refractivity contribution in [3.63, 3.8) is 0 Å². The summed E-state index contributed by atoms with van der Waals surface area (Å²) in [5.74, 6) is -0.00816. The Hall–Kier alpha value is -2.55. The Labute approximate surface area is 131 Å². The molecule has 0 radical (unpaired) electrons. The highest BCUT2D eigenvalue weighted by atomic mass is 19.3. The molecule has 0 bridgehead atoms. The van der Waals surface area contributed by atoms with E-state index in [2.05, 4.69) is 16.8 Å². The van der Waals surface area contributed by atoms with Crippen LogP contribution in [0, 0.1) is 0 Å². The van der Waals surface area contributed by atoms with Crippen LogP contribution >= 0.6 is 0 Å². The van der Waals surface area contributed by atoms with Crippen LogP contribution in [0.1, 0.15) is 12.2 Å². The summed E-state index contributed by atoms with van der Waals surface area (Å²) in [6, 6.07) is 3.08. The Morgan fingerprint density at radius 1 is 1.43 bits per heavy atom. The van der Waals surface area contributed by atoms with Crippen LogP contribution in [-0.4, -0.2) is 39.2 Å². The number of alkyl halides is 2. The molecule has 0 fully saturated rings. The topological polar surface area (TPSA) is 65.2 Å². The van der Waals surface area contributed by atoms with Crippen molar-refractivity contribution < 1.29 is 18.3 Å². The lowest BCUT2D eigenvalue weighted by Crippen LogP contribution is -2.29. The van der Waals surface area contributed by atoms with Gasteiger partial charge in [-0.05, 0) is 12.1 Å². The van der Waals surface area contributed by atoms with E-state index in [-0.39, 0.29) is 6.54 Å². The number of hydrogen-bond donors (Lipinski definition) is 0. The summed E-state index contributed by atoms with van der Waals surface area (Å²) in [6.45, 7) is 1.76. The lowest BCUT2D eigenvalue weighted by molar-refractivity contribution is -0.114. The molecular weight excluding hydrogens is 308 g/mol. The normalized spacial score (nSPS) is 11.0. The van der Waals surface area contributed by atoms with Crippen LogP contribution in [0.2, 0.25) is 0 Å². The maximum absolute atomic E-state index is 12.6. The van der Waals surface area contributed by atoms with Gasteiger partial charge in [-0.15, -0.1) is 0 Å². The number of carbonyl (C=O) groups excluding carboxylic acids is 1. The first-order valence-corrected chi connectivity index (χ1v) is 6.83. The Morgan fingerprint density at radius 2 is 2.22 bits per heavy atom. The molecule has 0 atom stereocenters. The highest BCUT2D eigenvalue weighted by Crippen LogP contribution is 2.16. The number of aromatic nitrogens is 4. The van der Waals surface area contributed by atoms with Gasteiger partial charge in [0.15, 0.2) is 5.82 Å². The largest absolute Gasteiger partial charge is 0.383 e. The van der Waals surface area contributed by atoms with Crippen LogP contribution in [0.4, 0.5) is 14.6 Å². The molecule has 2 aromatic heterocycles. The van der Waals surface area contributed by atoms with E-state index in [0.29, 0.717) is 29.3 Å². The average molecular weight is 325 g/mol. The molecule has 0 spiro atoms. The molecule has 23 heavy (non-hydrogen) atoms. The molecule has 7 nitrogen and oxygen atoms in total. The predicted octanol–water partition coefficient (Wildman–Crippen LogP) is 1.84. The van der Waals surface area contributed by atoms with Gasteiger partial charge < -0.3 is 4.74 Å². The number of ether oxygens (including phenoxy) is 1. The number of rotatable bonds is 8. The molecule has 0 aromatic carbocycles.